The molecule has 0 bridgehead atoms. The number of hydrogen-bond donors (Lipinski definition) is 1. The number of hydrogen-bond acceptors (Lipinski definition) is 2. The monoisotopic (exact) mass is 367 g/mol. The van der Waals surface area contributed by atoms with E-state index in [1.54, 1.807) is 17.8 Å². The largest absolute Gasteiger partial charge is 0.312 e. The van der Waals surface area contributed by atoms with Crippen LogP contribution >= 0.6 is 27.7 Å². The summed E-state index contributed by atoms with van der Waals surface area (Å²) < 4.78 is 15.1. The quantitative estimate of drug-likeness (QED) is 0.724. The van der Waals surface area contributed by atoms with E-state index in [9.17, 15) is 4.39 Å². The van der Waals surface area contributed by atoms with Crippen LogP contribution in [0.3, 0.4) is 0 Å². The van der Waals surface area contributed by atoms with Gasteiger partial charge in [-0.25, -0.2) is 4.39 Å². The molecule has 0 fully saturated rings. The van der Waals surface area contributed by atoms with Gasteiger partial charge in [-0.3, -0.25) is 0 Å². The molecule has 0 spiro atoms. The van der Waals surface area contributed by atoms with Gasteiger partial charge in [0, 0.05) is 26.4 Å². The standard InChI is InChI=1S/C17H19BrFNS/c1-12(2)10-20-11-15-16(19)7-4-8-17(15)21-14-6-3-5-13(18)9-14/h3-9,12,20H,10-11H2,1-2H3. The molecule has 0 heterocycles. The maximum absolute atomic E-state index is 14.1. The fraction of sp³-hybridized carbons (Fsp3) is 0.294. The molecule has 1 nitrogen and oxygen atoms in total. The average molecular weight is 368 g/mol. The van der Waals surface area contributed by atoms with E-state index in [4.69, 9.17) is 0 Å². The first-order valence-corrected chi connectivity index (χ1v) is 8.58. The molecule has 0 aliphatic heterocycles. The van der Waals surface area contributed by atoms with Gasteiger partial charge in [0.15, 0.2) is 0 Å². The Balaban J connectivity index is 2.16. The van der Waals surface area contributed by atoms with Gasteiger partial charge in [0.2, 0.25) is 0 Å². The maximum Gasteiger partial charge on any atom is 0.128 e. The fourth-order valence-electron chi connectivity index (χ4n) is 1.95. The van der Waals surface area contributed by atoms with Gasteiger partial charge < -0.3 is 5.32 Å². The molecule has 0 amide bonds. The van der Waals surface area contributed by atoms with Crippen molar-refractivity contribution in [3.05, 3.63) is 58.3 Å². The van der Waals surface area contributed by atoms with Gasteiger partial charge in [0.05, 0.1) is 0 Å². The highest BCUT2D eigenvalue weighted by molar-refractivity contribution is 9.10. The number of nitrogens with one attached hydrogen (secondary N) is 1. The van der Waals surface area contributed by atoms with Crippen LogP contribution < -0.4 is 5.32 Å². The Kier molecular flexibility index (Phi) is 6.27. The van der Waals surface area contributed by atoms with Crippen molar-refractivity contribution in [1.82, 2.24) is 5.32 Å². The normalized spacial score (nSPS) is 11.1. The molecule has 21 heavy (non-hydrogen) atoms. The van der Waals surface area contributed by atoms with Crippen LogP contribution in [0.25, 0.3) is 0 Å². The molecule has 0 unspecified atom stereocenters. The number of rotatable bonds is 6. The third kappa shape index (κ3) is 5.13. The SMILES string of the molecule is CC(C)CNCc1c(F)cccc1Sc1cccc(Br)c1. The van der Waals surface area contributed by atoms with Crippen molar-refractivity contribution in [3.63, 3.8) is 0 Å². The summed E-state index contributed by atoms with van der Waals surface area (Å²) in [7, 11) is 0. The minimum Gasteiger partial charge on any atom is -0.312 e. The van der Waals surface area contributed by atoms with Crippen LogP contribution in [0.4, 0.5) is 4.39 Å². The molecule has 2 aromatic rings. The van der Waals surface area contributed by atoms with E-state index >= 15 is 0 Å². The van der Waals surface area contributed by atoms with Gasteiger partial charge in [-0.1, -0.05) is 53.7 Å². The van der Waals surface area contributed by atoms with Gasteiger partial charge in [0.25, 0.3) is 0 Å². The average Bonchev–Trinajstić information content (AvgIpc) is 2.41. The van der Waals surface area contributed by atoms with E-state index in [-0.39, 0.29) is 5.82 Å². The van der Waals surface area contributed by atoms with Crippen LogP contribution in [0.15, 0.2) is 56.7 Å². The molecule has 0 atom stereocenters. The molecule has 0 aliphatic carbocycles. The zero-order chi connectivity index (χ0) is 15.2. The van der Waals surface area contributed by atoms with Gasteiger partial charge >= 0.3 is 0 Å². The summed E-state index contributed by atoms with van der Waals surface area (Å²) in [4.78, 5) is 2.06. The van der Waals surface area contributed by atoms with Crippen LogP contribution in [-0.4, -0.2) is 6.54 Å². The molecular formula is C17H19BrFNS. The molecule has 0 aliphatic rings. The van der Waals surface area contributed by atoms with E-state index < -0.39 is 0 Å². The molecule has 0 radical (unpaired) electrons. The summed E-state index contributed by atoms with van der Waals surface area (Å²) in [5.74, 6) is 0.407. The lowest BCUT2D eigenvalue weighted by Crippen LogP contribution is -2.20. The third-order valence-corrected chi connectivity index (χ3v) is 4.54. The molecule has 1 N–H and O–H groups in total. The molecule has 0 saturated carbocycles. The highest BCUT2D eigenvalue weighted by Crippen LogP contribution is 2.32. The highest BCUT2D eigenvalue weighted by atomic mass is 79.9. The first-order chi connectivity index (χ1) is 10.1. The van der Waals surface area contributed by atoms with Gasteiger partial charge in [-0.05, 0) is 42.8 Å². The fourth-order valence-corrected chi connectivity index (χ4v) is 3.53. The molecule has 112 valence electrons. The summed E-state index contributed by atoms with van der Waals surface area (Å²) in [6.07, 6.45) is 0. The van der Waals surface area contributed by atoms with Crippen LogP contribution in [0.1, 0.15) is 19.4 Å². The Morgan fingerprint density at radius 1 is 1.19 bits per heavy atom. The summed E-state index contributed by atoms with van der Waals surface area (Å²) in [5, 5.41) is 3.32. The number of halogens is 2. The summed E-state index contributed by atoms with van der Waals surface area (Å²) in [5.41, 5.74) is 0.739. The van der Waals surface area contributed by atoms with Crippen molar-refractivity contribution in [2.24, 2.45) is 5.92 Å². The van der Waals surface area contributed by atoms with Crippen molar-refractivity contribution in [1.29, 1.82) is 0 Å². The Bertz CT molecular complexity index is 601. The second-order valence-electron chi connectivity index (χ2n) is 5.30. The predicted molar refractivity (Wildman–Crippen MR) is 91.2 cm³/mol. The van der Waals surface area contributed by atoms with Gasteiger partial charge in [-0.15, -0.1) is 0 Å². The molecule has 0 aromatic heterocycles. The summed E-state index contributed by atoms with van der Waals surface area (Å²) >= 11 is 5.06. The van der Waals surface area contributed by atoms with Gasteiger partial charge in [-0.2, -0.15) is 0 Å². The molecule has 0 saturated heterocycles. The van der Waals surface area contributed by atoms with Crippen molar-refractivity contribution in [3.8, 4) is 0 Å². The van der Waals surface area contributed by atoms with E-state index in [1.165, 1.54) is 6.07 Å². The first-order valence-electron chi connectivity index (χ1n) is 6.98. The topological polar surface area (TPSA) is 12.0 Å². The molecule has 4 heteroatoms. The zero-order valence-electron chi connectivity index (χ0n) is 12.2. The van der Waals surface area contributed by atoms with Crippen LogP contribution in [0.2, 0.25) is 0 Å². The Labute approximate surface area is 138 Å². The Morgan fingerprint density at radius 3 is 2.67 bits per heavy atom. The van der Waals surface area contributed by atoms with E-state index in [2.05, 4.69) is 35.1 Å². The third-order valence-electron chi connectivity index (χ3n) is 2.95. The second kappa shape index (κ2) is 7.97. The predicted octanol–water partition coefficient (Wildman–Crippen LogP) is 5.49. The van der Waals surface area contributed by atoms with Crippen molar-refractivity contribution >= 4 is 27.7 Å². The minimum atomic E-state index is -0.147. The molecular weight excluding hydrogens is 349 g/mol. The Hall–Kier alpha value is -0.840. The van der Waals surface area contributed by atoms with Crippen molar-refractivity contribution in [2.45, 2.75) is 30.2 Å². The van der Waals surface area contributed by atoms with Crippen LogP contribution in [0.5, 0.6) is 0 Å². The van der Waals surface area contributed by atoms with Gasteiger partial charge in [0.1, 0.15) is 5.82 Å². The lowest BCUT2D eigenvalue weighted by molar-refractivity contribution is 0.530. The van der Waals surface area contributed by atoms with Crippen LogP contribution in [0, 0.1) is 11.7 Å². The molecule has 2 aromatic carbocycles. The summed E-state index contributed by atoms with van der Waals surface area (Å²) in [6.45, 7) is 5.73. The molecule has 2 rings (SSSR count). The van der Waals surface area contributed by atoms with E-state index in [0.29, 0.717) is 12.5 Å². The summed E-state index contributed by atoms with van der Waals surface area (Å²) in [6, 6.07) is 13.3. The number of benzene rings is 2. The Morgan fingerprint density at radius 2 is 1.95 bits per heavy atom. The lowest BCUT2D eigenvalue weighted by atomic mass is 10.2. The van der Waals surface area contributed by atoms with E-state index in [1.807, 2.05) is 30.3 Å². The van der Waals surface area contributed by atoms with Crippen molar-refractivity contribution in [2.75, 3.05) is 6.54 Å². The smallest absolute Gasteiger partial charge is 0.128 e. The highest BCUT2D eigenvalue weighted by Gasteiger charge is 2.10. The zero-order valence-corrected chi connectivity index (χ0v) is 14.6. The first kappa shape index (κ1) is 16.5. The van der Waals surface area contributed by atoms with Crippen LogP contribution in [-0.2, 0) is 6.54 Å². The minimum absolute atomic E-state index is 0.147. The second-order valence-corrected chi connectivity index (χ2v) is 7.33. The van der Waals surface area contributed by atoms with E-state index in [0.717, 1.165) is 26.4 Å². The lowest BCUT2D eigenvalue weighted by Gasteiger charge is -2.12. The maximum atomic E-state index is 14.1. The van der Waals surface area contributed by atoms with Crippen molar-refractivity contribution < 1.29 is 4.39 Å².